The van der Waals surface area contributed by atoms with Crippen LogP contribution in [0.25, 0.3) is 10.2 Å². The number of thioether (sulfide) groups is 1. The van der Waals surface area contributed by atoms with Gasteiger partial charge in [-0.15, -0.1) is 11.3 Å². The van der Waals surface area contributed by atoms with E-state index < -0.39 is 0 Å². The van der Waals surface area contributed by atoms with E-state index in [-0.39, 0.29) is 35.5 Å². The quantitative estimate of drug-likeness (QED) is 0.462. The molecule has 1 saturated heterocycles. The van der Waals surface area contributed by atoms with Crippen molar-refractivity contribution in [2.45, 2.75) is 24.1 Å². The second kappa shape index (κ2) is 5.68. The highest BCUT2D eigenvalue weighted by atomic mass is 32.2. The predicted molar refractivity (Wildman–Crippen MR) is 101 cm³/mol. The van der Waals surface area contributed by atoms with Crippen LogP contribution < -0.4 is 4.90 Å². The zero-order valence-corrected chi connectivity index (χ0v) is 15.5. The Labute approximate surface area is 154 Å². The molecule has 128 valence electrons. The van der Waals surface area contributed by atoms with Crippen LogP contribution in [0.2, 0.25) is 0 Å². The number of hydrogen-bond donors (Lipinski definition) is 0. The summed E-state index contributed by atoms with van der Waals surface area (Å²) in [6.07, 6.45) is 6.34. The number of carbonyl (C=O) groups is 2. The van der Waals surface area contributed by atoms with Crippen LogP contribution >= 0.6 is 23.1 Å². The molecule has 1 aromatic heterocycles. The van der Waals surface area contributed by atoms with Gasteiger partial charge in [0.25, 0.3) is 0 Å². The molecule has 1 aliphatic heterocycles. The van der Waals surface area contributed by atoms with Gasteiger partial charge in [0.1, 0.15) is 0 Å². The average molecular weight is 370 g/mol. The van der Waals surface area contributed by atoms with Crippen LogP contribution in [0, 0.1) is 23.7 Å². The van der Waals surface area contributed by atoms with Gasteiger partial charge in [-0.3, -0.25) is 9.59 Å². The molecule has 0 N–H and O–H groups in total. The van der Waals surface area contributed by atoms with Gasteiger partial charge in [0.15, 0.2) is 4.34 Å². The zero-order chi connectivity index (χ0) is 17.1. The standard InChI is InChI=1S/C19H18N2O2S2/c1-2-7-24-19-20-13-6-5-12(9-14(13)25-19)21-17(22)15-10-3-4-11(8-10)16(15)18(21)23/h3-6,9-11,15-16H,2,7-8H2,1H3/t10-,11-,15+,16+/m0/s1. The number of hydrogen-bond acceptors (Lipinski definition) is 5. The first kappa shape index (κ1) is 15.6. The van der Waals surface area contributed by atoms with Crippen molar-refractivity contribution >= 4 is 50.8 Å². The maximum absolute atomic E-state index is 12.9. The highest BCUT2D eigenvalue weighted by Gasteiger charge is 2.59. The normalized spacial score (nSPS) is 30.0. The van der Waals surface area contributed by atoms with Gasteiger partial charge in [-0.05, 0) is 42.9 Å². The molecule has 0 radical (unpaired) electrons. The number of imide groups is 1. The van der Waals surface area contributed by atoms with Gasteiger partial charge in [0, 0.05) is 5.75 Å². The zero-order valence-electron chi connectivity index (χ0n) is 13.8. The van der Waals surface area contributed by atoms with E-state index in [0.29, 0.717) is 5.69 Å². The molecular weight excluding hydrogens is 352 g/mol. The summed E-state index contributed by atoms with van der Waals surface area (Å²) in [4.78, 5) is 31.9. The largest absolute Gasteiger partial charge is 0.274 e. The molecular formula is C19H18N2O2S2. The maximum Gasteiger partial charge on any atom is 0.238 e. The predicted octanol–water partition coefficient (Wildman–Crippen LogP) is 4.11. The maximum atomic E-state index is 12.9. The number of aromatic nitrogens is 1. The number of rotatable bonds is 4. The number of carbonyl (C=O) groups excluding carboxylic acids is 2. The first-order chi connectivity index (χ1) is 12.2. The fraction of sp³-hybridized carbons (Fsp3) is 0.421. The minimum Gasteiger partial charge on any atom is -0.274 e. The summed E-state index contributed by atoms with van der Waals surface area (Å²) in [5.74, 6) is 1.23. The summed E-state index contributed by atoms with van der Waals surface area (Å²) in [6.45, 7) is 2.15. The Kier molecular flexibility index (Phi) is 3.54. The lowest BCUT2D eigenvalue weighted by atomic mass is 9.85. The fourth-order valence-corrected chi connectivity index (χ4v) is 6.47. The van der Waals surface area contributed by atoms with E-state index in [4.69, 9.17) is 0 Å². The average Bonchev–Trinajstić information content (AvgIpc) is 3.35. The second-order valence-corrected chi connectivity index (χ2v) is 9.36. The van der Waals surface area contributed by atoms with E-state index >= 15 is 0 Å². The van der Waals surface area contributed by atoms with Gasteiger partial charge >= 0.3 is 0 Å². The molecule has 2 aromatic rings. The lowest BCUT2D eigenvalue weighted by Gasteiger charge is -2.17. The van der Waals surface area contributed by atoms with Crippen molar-refractivity contribution in [3.8, 4) is 0 Å². The van der Waals surface area contributed by atoms with Crippen molar-refractivity contribution in [2.75, 3.05) is 10.7 Å². The lowest BCUT2D eigenvalue weighted by Crippen LogP contribution is -2.32. The van der Waals surface area contributed by atoms with Crippen molar-refractivity contribution in [3.63, 3.8) is 0 Å². The number of allylic oxidation sites excluding steroid dienone is 2. The molecule has 4 atom stereocenters. The van der Waals surface area contributed by atoms with Crippen LogP contribution in [-0.2, 0) is 9.59 Å². The first-order valence-electron chi connectivity index (χ1n) is 8.77. The lowest BCUT2D eigenvalue weighted by molar-refractivity contribution is -0.123. The van der Waals surface area contributed by atoms with E-state index in [9.17, 15) is 9.59 Å². The van der Waals surface area contributed by atoms with E-state index in [1.54, 1.807) is 23.1 Å². The summed E-state index contributed by atoms with van der Waals surface area (Å²) in [5, 5.41) is 0. The van der Waals surface area contributed by atoms with E-state index in [0.717, 1.165) is 33.2 Å². The monoisotopic (exact) mass is 370 g/mol. The number of benzene rings is 1. The molecule has 0 unspecified atom stereocenters. The van der Waals surface area contributed by atoms with Crippen molar-refractivity contribution in [3.05, 3.63) is 30.4 Å². The Morgan fingerprint density at radius 1 is 1.20 bits per heavy atom. The van der Waals surface area contributed by atoms with Crippen LogP contribution in [0.15, 0.2) is 34.7 Å². The molecule has 2 amide bonds. The highest BCUT2D eigenvalue weighted by molar-refractivity contribution is 8.01. The third-order valence-corrected chi connectivity index (χ3v) is 7.88. The minimum absolute atomic E-state index is 0.0173. The molecule has 3 aliphatic rings. The van der Waals surface area contributed by atoms with Crippen LogP contribution in [-0.4, -0.2) is 22.6 Å². The molecule has 2 bridgehead atoms. The highest BCUT2D eigenvalue weighted by Crippen LogP contribution is 2.53. The summed E-state index contributed by atoms with van der Waals surface area (Å²) in [7, 11) is 0. The topological polar surface area (TPSA) is 50.3 Å². The summed E-state index contributed by atoms with van der Waals surface area (Å²) >= 11 is 3.40. The molecule has 0 spiro atoms. The Bertz CT molecular complexity index is 889. The Balaban J connectivity index is 1.49. The molecule has 1 saturated carbocycles. The van der Waals surface area contributed by atoms with Crippen molar-refractivity contribution < 1.29 is 9.59 Å². The Hall–Kier alpha value is -1.66. The number of fused-ring (bicyclic) bond motifs is 6. The summed E-state index contributed by atoms with van der Waals surface area (Å²) in [6, 6.07) is 5.75. The molecule has 2 fully saturated rings. The molecule has 4 nitrogen and oxygen atoms in total. The minimum atomic E-state index is -0.143. The fourth-order valence-electron chi connectivity index (χ4n) is 4.44. The Morgan fingerprint density at radius 2 is 1.92 bits per heavy atom. The first-order valence-corrected chi connectivity index (χ1v) is 10.6. The number of anilines is 1. The molecule has 5 rings (SSSR count). The van der Waals surface area contributed by atoms with Gasteiger partial charge in [-0.2, -0.15) is 0 Å². The number of thiazole rings is 1. The molecule has 1 aromatic carbocycles. The van der Waals surface area contributed by atoms with E-state index in [2.05, 4.69) is 24.1 Å². The van der Waals surface area contributed by atoms with Gasteiger partial charge < -0.3 is 0 Å². The van der Waals surface area contributed by atoms with Crippen molar-refractivity contribution in [2.24, 2.45) is 23.7 Å². The second-order valence-electron chi connectivity index (χ2n) is 6.99. The van der Waals surface area contributed by atoms with E-state index in [1.807, 2.05) is 18.2 Å². The third-order valence-electron chi connectivity index (χ3n) is 5.51. The molecule has 2 heterocycles. The van der Waals surface area contributed by atoms with Crippen molar-refractivity contribution in [1.29, 1.82) is 0 Å². The molecule has 6 heteroatoms. The van der Waals surface area contributed by atoms with Crippen LogP contribution in [0.1, 0.15) is 19.8 Å². The Morgan fingerprint density at radius 3 is 2.60 bits per heavy atom. The summed E-state index contributed by atoms with van der Waals surface area (Å²) in [5.41, 5.74) is 1.64. The van der Waals surface area contributed by atoms with Gasteiger partial charge in [0.2, 0.25) is 11.8 Å². The van der Waals surface area contributed by atoms with Gasteiger partial charge in [0.05, 0.1) is 27.7 Å². The van der Waals surface area contributed by atoms with Crippen molar-refractivity contribution in [1.82, 2.24) is 4.98 Å². The molecule has 2 aliphatic carbocycles. The van der Waals surface area contributed by atoms with Crippen LogP contribution in [0.3, 0.4) is 0 Å². The number of amides is 2. The van der Waals surface area contributed by atoms with Crippen LogP contribution in [0.5, 0.6) is 0 Å². The van der Waals surface area contributed by atoms with E-state index in [1.165, 1.54) is 4.90 Å². The van der Waals surface area contributed by atoms with Gasteiger partial charge in [-0.25, -0.2) is 9.88 Å². The molecule has 25 heavy (non-hydrogen) atoms. The smallest absolute Gasteiger partial charge is 0.238 e. The summed E-state index contributed by atoms with van der Waals surface area (Å²) < 4.78 is 2.09. The van der Waals surface area contributed by atoms with Crippen LogP contribution in [0.4, 0.5) is 5.69 Å². The number of nitrogens with zero attached hydrogens (tertiary/aromatic N) is 2. The van der Waals surface area contributed by atoms with Gasteiger partial charge in [-0.1, -0.05) is 30.8 Å². The third kappa shape index (κ3) is 2.23. The SMILES string of the molecule is CCCSc1nc2ccc(N3C(=O)[C@H]4[C@H](C3=O)[C@H]3C=C[C@H]4C3)cc2s1.